The minimum atomic E-state index is -4.78. The Bertz CT molecular complexity index is 805. The molecule has 0 bridgehead atoms. The number of benzene rings is 2. The van der Waals surface area contributed by atoms with Crippen LogP contribution >= 0.6 is 0 Å². The molecule has 27 heavy (non-hydrogen) atoms. The van der Waals surface area contributed by atoms with Crippen molar-refractivity contribution >= 4 is 23.3 Å². The van der Waals surface area contributed by atoms with Gasteiger partial charge in [0.1, 0.15) is 5.75 Å². The molecule has 144 valence electrons. The summed E-state index contributed by atoms with van der Waals surface area (Å²) in [6, 6.07) is 10.6. The van der Waals surface area contributed by atoms with Gasteiger partial charge in [0, 0.05) is 23.0 Å². The quantitative estimate of drug-likeness (QED) is 0.720. The first-order chi connectivity index (χ1) is 12.6. The van der Waals surface area contributed by atoms with Crippen molar-refractivity contribution in [1.29, 1.82) is 0 Å². The Kier molecular flexibility index (Phi) is 6.27. The first-order valence-corrected chi connectivity index (χ1v) is 7.97. The highest BCUT2D eigenvalue weighted by molar-refractivity contribution is 6.05. The van der Waals surface area contributed by atoms with Crippen LogP contribution in [-0.2, 0) is 0 Å². The Balaban J connectivity index is 2.01. The zero-order chi connectivity index (χ0) is 20.0. The van der Waals surface area contributed by atoms with Crippen LogP contribution in [0.4, 0.5) is 29.3 Å². The van der Waals surface area contributed by atoms with Crippen LogP contribution in [0.1, 0.15) is 24.2 Å². The van der Waals surface area contributed by atoms with Gasteiger partial charge in [0.15, 0.2) is 0 Å². The molecule has 0 aliphatic rings. The average Bonchev–Trinajstić information content (AvgIpc) is 2.54. The van der Waals surface area contributed by atoms with Gasteiger partial charge in [-0.3, -0.25) is 4.79 Å². The number of hydrogen-bond acceptors (Lipinski definition) is 3. The Morgan fingerprint density at radius 3 is 2.22 bits per heavy atom. The zero-order valence-corrected chi connectivity index (χ0v) is 14.6. The van der Waals surface area contributed by atoms with Crippen LogP contribution in [0.15, 0.2) is 48.5 Å². The van der Waals surface area contributed by atoms with Crippen LogP contribution in [0.25, 0.3) is 0 Å². The number of amides is 3. The number of halogens is 3. The molecule has 0 unspecified atom stereocenters. The van der Waals surface area contributed by atoms with Crippen LogP contribution in [0.2, 0.25) is 0 Å². The topological polar surface area (TPSA) is 79.5 Å². The predicted molar refractivity (Wildman–Crippen MR) is 94.8 cm³/mol. The molecule has 0 fully saturated rings. The van der Waals surface area contributed by atoms with Gasteiger partial charge in [-0.2, -0.15) is 0 Å². The molecule has 0 aliphatic heterocycles. The summed E-state index contributed by atoms with van der Waals surface area (Å²) in [7, 11) is 0. The molecule has 0 aliphatic carbocycles. The molecule has 9 heteroatoms. The number of nitrogens with one attached hydrogen (secondary N) is 3. The summed E-state index contributed by atoms with van der Waals surface area (Å²) in [4.78, 5) is 24.0. The van der Waals surface area contributed by atoms with E-state index in [1.54, 1.807) is 18.2 Å². The maximum Gasteiger partial charge on any atom is 0.573 e. The van der Waals surface area contributed by atoms with Crippen LogP contribution in [0.3, 0.4) is 0 Å². The van der Waals surface area contributed by atoms with Crippen molar-refractivity contribution in [3.8, 4) is 5.75 Å². The lowest BCUT2D eigenvalue weighted by Crippen LogP contribution is -2.34. The summed E-state index contributed by atoms with van der Waals surface area (Å²) in [5.74, 6) is -0.865. The molecule has 0 spiro atoms. The number of urea groups is 1. The van der Waals surface area contributed by atoms with Crippen molar-refractivity contribution in [2.45, 2.75) is 26.3 Å². The summed E-state index contributed by atoms with van der Waals surface area (Å²) >= 11 is 0. The van der Waals surface area contributed by atoms with Gasteiger partial charge < -0.3 is 20.7 Å². The molecule has 3 N–H and O–H groups in total. The molecule has 2 rings (SSSR count). The molecule has 3 amide bonds. The second-order valence-corrected chi connectivity index (χ2v) is 5.86. The van der Waals surface area contributed by atoms with Crippen molar-refractivity contribution in [2.24, 2.45) is 0 Å². The fourth-order valence-electron chi connectivity index (χ4n) is 2.11. The summed E-state index contributed by atoms with van der Waals surface area (Å²) in [5, 5.41) is 7.82. The number of alkyl halides is 3. The van der Waals surface area contributed by atoms with Crippen molar-refractivity contribution < 1.29 is 27.5 Å². The number of ether oxygens (including phenoxy) is 1. The largest absolute Gasteiger partial charge is 0.573 e. The van der Waals surface area contributed by atoms with Crippen LogP contribution in [-0.4, -0.2) is 24.3 Å². The minimum Gasteiger partial charge on any atom is -0.406 e. The summed E-state index contributed by atoms with van der Waals surface area (Å²) in [6.07, 6.45) is -4.78. The van der Waals surface area contributed by atoms with Crippen molar-refractivity contribution in [3.63, 3.8) is 0 Å². The lowest BCUT2D eigenvalue weighted by Gasteiger charge is -2.12. The Morgan fingerprint density at radius 1 is 0.963 bits per heavy atom. The van der Waals surface area contributed by atoms with Gasteiger partial charge in [-0.05, 0) is 56.3 Å². The summed E-state index contributed by atoms with van der Waals surface area (Å²) < 4.78 is 40.2. The normalized spacial score (nSPS) is 11.0. The van der Waals surface area contributed by atoms with Gasteiger partial charge in [-0.25, -0.2) is 4.79 Å². The van der Waals surface area contributed by atoms with Crippen molar-refractivity contribution in [3.05, 3.63) is 54.1 Å². The monoisotopic (exact) mass is 381 g/mol. The first kappa shape index (κ1) is 20.1. The maximum atomic E-state index is 12.3. The van der Waals surface area contributed by atoms with Gasteiger partial charge >= 0.3 is 12.4 Å². The Hall–Kier alpha value is -3.23. The predicted octanol–water partition coefficient (Wildman–Crippen LogP) is 4.37. The highest BCUT2D eigenvalue weighted by Crippen LogP contribution is 2.24. The molecule has 2 aromatic carbocycles. The van der Waals surface area contributed by atoms with E-state index in [9.17, 15) is 22.8 Å². The number of hydrogen-bond donors (Lipinski definition) is 3. The molecular formula is C18H18F3N3O3. The molecule has 0 atom stereocenters. The third kappa shape index (κ3) is 6.89. The van der Waals surface area contributed by atoms with Gasteiger partial charge in [-0.15, -0.1) is 13.2 Å². The molecule has 0 saturated carbocycles. The second kappa shape index (κ2) is 8.43. The van der Waals surface area contributed by atoms with Gasteiger partial charge in [-0.1, -0.05) is 6.07 Å². The average molecular weight is 381 g/mol. The fourth-order valence-corrected chi connectivity index (χ4v) is 2.11. The second-order valence-electron chi connectivity index (χ2n) is 5.86. The zero-order valence-electron chi connectivity index (χ0n) is 14.6. The van der Waals surface area contributed by atoms with Crippen molar-refractivity contribution in [2.75, 3.05) is 10.6 Å². The lowest BCUT2D eigenvalue weighted by molar-refractivity contribution is -0.274. The van der Waals surface area contributed by atoms with E-state index < -0.39 is 18.3 Å². The van der Waals surface area contributed by atoms with E-state index in [2.05, 4.69) is 20.7 Å². The molecule has 0 saturated heterocycles. The first-order valence-electron chi connectivity index (χ1n) is 7.97. The van der Waals surface area contributed by atoms with E-state index in [0.29, 0.717) is 11.4 Å². The minimum absolute atomic E-state index is 0.0409. The highest BCUT2D eigenvalue weighted by Gasteiger charge is 2.30. The van der Waals surface area contributed by atoms with Crippen LogP contribution in [0.5, 0.6) is 5.75 Å². The van der Waals surface area contributed by atoms with E-state index >= 15 is 0 Å². The van der Waals surface area contributed by atoms with E-state index in [1.807, 2.05) is 13.8 Å². The fraction of sp³-hybridized carbons (Fsp3) is 0.222. The third-order valence-electron chi connectivity index (χ3n) is 3.15. The van der Waals surface area contributed by atoms with Gasteiger partial charge in [0.2, 0.25) is 0 Å². The van der Waals surface area contributed by atoms with Gasteiger partial charge in [0.25, 0.3) is 5.91 Å². The molecular weight excluding hydrogens is 363 g/mol. The highest BCUT2D eigenvalue weighted by atomic mass is 19.4. The summed E-state index contributed by atoms with van der Waals surface area (Å²) in [6.45, 7) is 3.63. The summed E-state index contributed by atoms with van der Waals surface area (Å²) in [5.41, 5.74) is 0.994. The Labute approximate surface area is 153 Å². The van der Waals surface area contributed by atoms with Crippen LogP contribution < -0.4 is 20.7 Å². The number of anilines is 2. The van der Waals surface area contributed by atoms with E-state index in [1.165, 1.54) is 18.2 Å². The van der Waals surface area contributed by atoms with Gasteiger partial charge in [0.05, 0.1) is 0 Å². The van der Waals surface area contributed by atoms with E-state index in [4.69, 9.17) is 0 Å². The third-order valence-corrected chi connectivity index (χ3v) is 3.15. The molecule has 6 nitrogen and oxygen atoms in total. The lowest BCUT2D eigenvalue weighted by atomic mass is 10.2. The Morgan fingerprint density at radius 2 is 1.63 bits per heavy atom. The molecule has 2 aromatic rings. The number of carbonyl (C=O) groups is 2. The van der Waals surface area contributed by atoms with E-state index in [-0.39, 0.29) is 17.4 Å². The molecule has 0 heterocycles. The van der Waals surface area contributed by atoms with Crippen LogP contribution in [0, 0.1) is 0 Å². The van der Waals surface area contributed by atoms with Crippen molar-refractivity contribution in [1.82, 2.24) is 5.32 Å². The SMILES string of the molecule is CC(C)NC(=O)Nc1cccc(C(=O)Nc2ccc(OC(F)(F)F)cc2)c1. The maximum absolute atomic E-state index is 12.3. The molecule has 0 aromatic heterocycles. The smallest absolute Gasteiger partial charge is 0.406 e. The number of rotatable bonds is 5. The van der Waals surface area contributed by atoms with E-state index in [0.717, 1.165) is 12.1 Å². The molecule has 0 radical (unpaired) electrons. The number of carbonyl (C=O) groups excluding carboxylic acids is 2. The standard InChI is InChI=1S/C18H18F3N3O3/c1-11(2)22-17(26)24-14-5-3-4-12(10-14)16(25)23-13-6-8-15(9-7-13)27-18(19,20)21/h3-11H,1-2H3,(H,23,25)(H2,22,24,26).